The summed E-state index contributed by atoms with van der Waals surface area (Å²) in [7, 11) is 3.62. The Hall–Kier alpha value is -4.38. The van der Waals surface area contributed by atoms with Gasteiger partial charge in [-0.1, -0.05) is 0 Å². The van der Waals surface area contributed by atoms with Crippen LogP contribution in [0, 0.1) is 12.3 Å². The minimum absolute atomic E-state index is 0.0587. The molecule has 5 rings (SSSR count). The van der Waals surface area contributed by atoms with E-state index in [1.54, 1.807) is 53.7 Å². The van der Waals surface area contributed by atoms with E-state index in [2.05, 4.69) is 10.00 Å². The molecule has 4 heterocycles. The SMILES string of the molecule is CCN1C(=O)C(C)(C)C(=O)N(C)c2cc(OCCCN(CCn3ccc4oc(C)cc4c3=O)Cc3ccnn3C)ccc21. The Morgan fingerprint density at radius 1 is 1.00 bits per heavy atom. The lowest BCUT2D eigenvalue weighted by Gasteiger charge is -2.27. The van der Waals surface area contributed by atoms with Gasteiger partial charge in [-0.25, -0.2) is 0 Å². The molecular formula is C32H40N6O5. The number of hydrogen-bond donors (Lipinski definition) is 0. The van der Waals surface area contributed by atoms with Gasteiger partial charge in [-0.15, -0.1) is 0 Å². The molecule has 1 aliphatic rings. The molecule has 0 N–H and O–H groups in total. The molecule has 1 aromatic carbocycles. The summed E-state index contributed by atoms with van der Waals surface area (Å²) < 4.78 is 15.3. The Balaban J connectivity index is 1.25. The number of nitrogens with zero attached hydrogens (tertiary/aromatic N) is 6. The average molecular weight is 589 g/mol. The van der Waals surface area contributed by atoms with E-state index in [4.69, 9.17) is 9.15 Å². The van der Waals surface area contributed by atoms with Crippen molar-refractivity contribution in [3.63, 3.8) is 0 Å². The standard InChI is InChI=1S/C32H40N6O5/c1-7-38-26-10-9-24(20-27(26)34(5)30(40)32(3,4)31(38)41)42-18-8-14-36(21-23-11-13-33-35(23)6)16-17-37-15-12-28-25(29(37)39)19-22(2)43-28/h9-13,15,19-20H,7-8,14,16-18,21H2,1-6H3. The normalized spacial score (nSPS) is 15.0. The first-order valence-corrected chi connectivity index (χ1v) is 14.7. The predicted molar refractivity (Wildman–Crippen MR) is 165 cm³/mol. The van der Waals surface area contributed by atoms with Gasteiger partial charge in [0.25, 0.3) is 5.56 Å². The van der Waals surface area contributed by atoms with Crippen molar-refractivity contribution >= 4 is 34.2 Å². The topological polar surface area (TPSA) is 106 Å². The second-order valence-corrected chi connectivity index (χ2v) is 11.6. The van der Waals surface area contributed by atoms with Gasteiger partial charge in [0, 0.05) is 65.3 Å². The second kappa shape index (κ2) is 12.1. The molecule has 11 nitrogen and oxygen atoms in total. The third-order valence-corrected chi connectivity index (χ3v) is 8.17. The average Bonchev–Trinajstić information content (AvgIpc) is 3.57. The molecule has 0 bridgehead atoms. The van der Waals surface area contributed by atoms with E-state index in [0.717, 1.165) is 24.4 Å². The molecule has 0 saturated heterocycles. The summed E-state index contributed by atoms with van der Waals surface area (Å²) in [5, 5.41) is 4.89. The van der Waals surface area contributed by atoms with Crippen molar-refractivity contribution < 1.29 is 18.7 Å². The maximum atomic E-state index is 13.2. The number of ether oxygens (including phenoxy) is 1. The van der Waals surface area contributed by atoms with Gasteiger partial charge in [0.1, 0.15) is 22.5 Å². The predicted octanol–water partition coefficient (Wildman–Crippen LogP) is 3.96. The van der Waals surface area contributed by atoms with Gasteiger partial charge in [0.15, 0.2) is 0 Å². The van der Waals surface area contributed by atoms with Crippen LogP contribution in [0.3, 0.4) is 0 Å². The molecule has 11 heteroatoms. The van der Waals surface area contributed by atoms with Gasteiger partial charge in [0.2, 0.25) is 11.8 Å². The van der Waals surface area contributed by atoms with Crippen molar-refractivity contribution in [3.05, 3.63) is 70.6 Å². The first kappa shape index (κ1) is 30.1. The zero-order valence-corrected chi connectivity index (χ0v) is 25.8. The van der Waals surface area contributed by atoms with Crippen molar-refractivity contribution in [2.75, 3.05) is 43.1 Å². The molecule has 0 spiro atoms. The molecule has 0 radical (unpaired) electrons. The highest BCUT2D eigenvalue weighted by molar-refractivity contribution is 6.20. The van der Waals surface area contributed by atoms with Crippen LogP contribution < -0.4 is 20.1 Å². The molecule has 0 saturated carbocycles. The van der Waals surface area contributed by atoms with Crippen LogP contribution >= 0.6 is 0 Å². The summed E-state index contributed by atoms with van der Waals surface area (Å²) in [5.74, 6) is 0.888. The van der Waals surface area contributed by atoms with Gasteiger partial charge < -0.3 is 23.5 Å². The quantitative estimate of drug-likeness (QED) is 0.193. The smallest absolute Gasteiger partial charge is 0.261 e. The fraction of sp³-hybridized carbons (Fsp3) is 0.438. The molecule has 1 aliphatic heterocycles. The van der Waals surface area contributed by atoms with Crippen LogP contribution in [0.2, 0.25) is 0 Å². The van der Waals surface area contributed by atoms with E-state index in [9.17, 15) is 14.4 Å². The number of rotatable bonds is 11. The Bertz CT molecular complexity index is 1700. The maximum Gasteiger partial charge on any atom is 0.261 e. The zero-order valence-electron chi connectivity index (χ0n) is 25.8. The number of aromatic nitrogens is 3. The maximum absolute atomic E-state index is 13.2. The molecule has 4 aromatic rings. The van der Waals surface area contributed by atoms with Crippen molar-refractivity contribution in [1.29, 1.82) is 0 Å². The van der Waals surface area contributed by atoms with E-state index >= 15 is 0 Å². The molecule has 0 aliphatic carbocycles. The summed E-state index contributed by atoms with van der Waals surface area (Å²) in [4.78, 5) is 44.8. The molecule has 0 fully saturated rings. The van der Waals surface area contributed by atoms with Gasteiger partial charge in [-0.05, 0) is 64.4 Å². The van der Waals surface area contributed by atoms with Gasteiger partial charge >= 0.3 is 0 Å². The summed E-state index contributed by atoms with van der Waals surface area (Å²) in [6.07, 6.45) is 4.31. The Morgan fingerprint density at radius 2 is 1.79 bits per heavy atom. The molecular weight excluding hydrogens is 548 g/mol. The lowest BCUT2D eigenvalue weighted by Crippen LogP contribution is -2.47. The largest absolute Gasteiger partial charge is 0.493 e. The number of furan rings is 1. The van der Waals surface area contributed by atoms with E-state index in [-0.39, 0.29) is 17.4 Å². The first-order valence-electron chi connectivity index (χ1n) is 14.7. The highest BCUT2D eigenvalue weighted by Gasteiger charge is 2.45. The minimum Gasteiger partial charge on any atom is -0.493 e. The van der Waals surface area contributed by atoms with Crippen LogP contribution in [0.4, 0.5) is 11.4 Å². The number of anilines is 2. The zero-order chi connectivity index (χ0) is 30.9. The monoisotopic (exact) mass is 588 g/mol. The first-order chi connectivity index (χ1) is 20.5. The molecule has 228 valence electrons. The third-order valence-electron chi connectivity index (χ3n) is 8.17. The molecule has 3 aromatic heterocycles. The van der Waals surface area contributed by atoms with E-state index in [1.807, 2.05) is 55.9 Å². The Kier molecular flexibility index (Phi) is 8.45. The number of carbonyl (C=O) groups excluding carboxylic acids is 2. The second-order valence-electron chi connectivity index (χ2n) is 11.6. The Morgan fingerprint density at radius 3 is 2.51 bits per heavy atom. The van der Waals surface area contributed by atoms with Crippen LogP contribution in [0.5, 0.6) is 5.75 Å². The van der Waals surface area contributed by atoms with Crippen LogP contribution in [-0.4, -0.2) is 64.4 Å². The van der Waals surface area contributed by atoms with Gasteiger partial charge in [-0.3, -0.25) is 24.0 Å². The summed E-state index contributed by atoms with van der Waals surface area (Å²) in [6.45, 7) is 10.6. The highest BCUT2D eigenvalue weighted by atomic mass is 16.5. The molecule has 0 unspecified atom stereocenters. The highest BCUT2D eigenvalue weighted by Crippen LogP contribution is 2.40. The third kappa shape index (κ3) is 5.94. The van der Waals surface area contributed by atoms with Crippen molar-refractivity contribution in [1.82, 2.24) is 19.2 Å². The lowest BCUT2D eigenvalue weighted by atomic mass is 9.90. The number of hydrogen-bond acceptors (Lipinski definition) is 7. The fourth-order valence-electron chi connectivity index (χ4n) is 5.63. The molecule has 43 heavy (non-hydrogen) atoms. The van der Waals surface area contributed by atoms with Crippen molar-refractivity contribution in [3.8, 4) is 5.75 Å². The lowest BCUT2D eigenvalue weighted by molar-refractivity contribution is -0.137. The fourth-order valence-corrected chi connectivity index (χ4v) is 5.63. The van der Waals surface area contributed by atoms with Crippen LogP contribution in [0.1, 0.15) is 38.6 Å². The van der Waals surface area contributed by atoms with Crippen LogP contribution in [0.15, 0.2) is 58.0 Å². The van der Waals surface area contributed by atoms with Crippen molar-refractivity contribution in [2.24, 2.45) is 12.5 Å². The number of carbonyl (C=O) groups is 2. The number of benzene rings is 1. The number of aryl methyl sites for hydroxylation is 2. The Labute approximate surface area is 251 Å². The summed E-state index contributed by atoms with van der Waals surface area (Å²) in [5.41, 5.74) is 1.81. The summed E-state index contributed by atoms with van der Waals surface area (Å²) in [6, 6.07) is 11.1. The number of fused-ring (bicyclic) bond motifs is 2. The van der Waals surface area contributed by atoms with Crippen LogP contribution in [-0.2, 0) is 29.7 Å². The van der Waals surface area contributed by atoms with Gasteiger partial charge in [0.05, 0.1) is 29.1 Å². The van der Waals surface area contributed by atoms with Crippen LogP contribution in [0.25, 0.3) is 11.0 Å². The minimum atomic E-state index is -1.16. The summed E-state index contributed by atoms with van der Waals surface area (Å²) >= 11 is 0. The van der Waals surface area contributed by atoms with Crippen molar-refractivity contribution in [2.45, 2.75) is 47.2 Å². The number of pyridine rings is 1. The van der Waals surface area contributed by atoms with E-state index in [0.29, 0.717) is 60.9 Å². The van der Waals surface area contributed by atoms with E-state index < -0.39 is 5.41 Å². The van der Waals surface area contributed by atoms with E-state index in [1.165, 1.54) is 0 Å². The molecule has 2 amide bonds. The van der Waals surface area contributed by atoms with Gasteiger partial charge in [-0.2, -0.15) is 5.10 Å². The molecule has 0 atom stereocenters. The number of amides is 2.